The summed E-state index contributed by atoms with van der Waals surface area (Å²) in [6.07, 6.45) is 1.65. The molecule has 0 bridgehead atoms. The number of carbonyl (C=O) groups excluding carboxylic acids is 1. The van der Waals surface area contributed by atoms with Crippen molar-refractivity contribution in [3.63, 3.8) is 0 Å². The Morgan fingerprint density at radius 3 is 3.21 bits per heavy atom. The predicted octanol–water partition coefficient (Wildman–Crippen LogP) is 1.12. The van der Waals surface area contributed by atoms with Gasteiger partial charge in [-0.25, -0.2) is 0 Å². The van der Waals surface area contributed by atoms with E-state index in [9.17, 15) is 4.79 Å². The lowest BCUT2D eigenvalue weighted by Gasteiger charge is -2.10. The highest BCUT2D eigenvalue weighted by Gasteiger charge is 2.19. The van der Waals surface area contributed by atoms with E-state index in [1.54, 1.807) is 11.3 Å². The number of thiophene rings is 1. The Hall–Kier alpha value is -0.870. The molecule has 0 spiro atoms. The fraction of sp³-hybridized carbons (Fsp3) is 0.500. The second-order valence-electron chi connectivity index (χ2n) is 3.51. The zero-order chi connectivity index (χ0) is 9.80. The van der Waals surface area contributed by atoms with E-state index in [0.29, 0.717) is 12.5 Å². The van der Waals surface area contributed by atoms with E-state index in [2.05, 4.69) is 28.1 Å². The first-order chi connectivity index (χ1) is 6.84. The lowest BCUT2D eigenvalue weighted by Crippen LogP contribution is -2.35. The molecule has 1 fully saturated rings. The molecule has 14 heavy (non-hydrogen) atoms. The molecule has 0 aliphatic carbocycles. The molecule has 1 saturated heterocycles. The van der Waals surface area contributed by atoms with Crippen LogP contribution >= 0.6 is 11.3 Å². The average molecular weight is 210 g/mol. The summed E-state index contributed by atoms with van der Waals surface area (Å²) in [6, 6.07) is 4.51. The van der Waals surface area contributed by atoms with Crippen LogP contribution in [0, 0.1) is 0 Å². The summed E-state index contributed by atoms with van der Waals surface area (Å²) >= 11 is 1.76. The molecule has 1 amide bonds. The molecule has 1 aromatic heterocycles. The Kier molecular flexibility index (Phi) is 3.16. The van der Waals surface area contributed by atoms with E-state index in [0.717, 1.165) is 19.5 Å². The van der Waals surface area contributed by atoms with Gasteiger partial charge in [0.25, 0.3) is 0 Å². The molecule has 2 heterocycles. The quantitative estimate of drug-likeness (QED) is 0.782. The highest BCUT2D eigenvalue weighted by atomic mass is 32.1. The molecule has 1 aromatic rings. The lowest BCUT2D eigenvalue weighted by molar-refractivity contribution is -0.119. The van der Waals surface area contributed by atoms with Crippen molar-refractivity contribution in [2.24, 2.45) is 0 Å². The van der Waals surface area contributed by atoms with Gasteiger partial charge in [0.05, 0.1) is 0 Å². The molecule has 1 atom stereocenters. The minimum Gasteiger partial charge on any atom is -0.352 e. The first-order valence-corrected chi connectivity index (χ1v) is 5.75. The van der Waals surface area contributed by atoms with Gasteiger partial charge in [-0.2, -0.15) is 0 Å². The fourth-order valence-corrected chi connectivity index (χ4v) is 2.29. The van der Waals surface area contributed by atoms with Crippen LogP contribution in [-0.4, -0.2) is 18.5 Å². The van der Waals surface area contributed by atoms with Crippen LogP contribution in [0.2, 0.25) is 0 Å². The van der Waals surface area contributed by atoms with Crippen molar-refractivity contribution in [2.75, 3.05) is 6.54 Å². The van der Waals surface area contributed by atoms with Gasteiger partial charge in [0.1, 0.15) is 0 Å². The molecule has 0 saturated carbocycles. The minimum absolute atomic E-state index is 0.188. The summed E-state index contributed by atoms with van der Waals surface area (Å²) in [5, 5.41) is 8.36. The third-order valence-electron chi connectivity index (χ3n) is 2.36. The minimum atomic E-state index is 0.188. The molecule has 3 nitrogen and oxygen atoms in total. The maximum atomic E-state index is 10.9. The van der Waals surface area contributed by atoms with Crippen LogP contribution in [-0.2, 0) is 11.3 Å². The van der Waals surface area contributed by atoms with Crippen LogP contribution in [0.5, 0.6) is 0 Å². The molecule has 2 rings (SSSR count). The summed E-state index contributed by atoms with van der Waals surface area (Å²) in [5.41, 5.74) is 0. The largest absolute Gasteiger partial charge is 0.352 e. The highest BCUT2D eigenvalue weighted by molar-refractivity contribution is 7.09. The Labute approximate surface area is 87.5 Å². The molecule has 2 N–H and O–H groups in total. The zero-order valence-electron chi connectivity index (χ0n) is 7.95. The molecular formula is C10H14N2OS. The number of amides is 1. The van der Waals surface area contributed by atoms with Crippen molar-refractivity contribution >= 4 is 17.2 Å². The maximum absolute atomic E-state index is 10.9. The SMILES string of the molecule is O=C1CCC(CNCc2cccs2)N1. The zero-order valence-corrected chi connectivity index (χ0v) is 8.77. The number of nitrogens with one attached hydrogen (secondary N) is 2. The van der Waals surface area contributed by atoms with Gasteiger partial charge in [-0.3, -0.25) is 4.79 Å². The van der Waals surface area contributed by atoms with Gasteiger partial charge in [-0.1, -0.05) is 6.07 Å². The summed E-state index contributed by atoms with van der Waals surface area (Å²) in [4.78, 5) is 12.3. The van der Waals surface area contributed by atoms with Gasteiger partial charge in [-0.15, -0.1) is 11.3 Å². The van der Waals surface area contributed by atoms with Gasteiger partial charge < -0.3 is 10.6 Å². The topological polar surface area (TPSA) is 41.1 Å². The van der Waals surface area contributed by atoms with E-state index in [1.807, 2.05) is 0 Å². The van der Waals surface area contributed by atoms with Crippen LogP contribution in [0.1, 0.15) is 17.7 Å². The third kappa shape index (κ3) is 2.56. The summed E-state index contributed by atoms with van der Waals surface area (Å²) in [5.74, 6) is 0.188. The maximum Gasteiger partial charge on any atom is 0.220 e. The van der Waals surface area contributed by atoms with E-state index in [-0.39, 0.29) is 5.91 Å². The van der Waals surface area contributed by atoms with Crippen LogP contribution in [0.3, 0.4) is 0 Å². The summed E-state index contributed by atoms with van der Waals surface area (Å²) < 4.78 is 0. The van der Waals surface area contributed by atoms with Gasteiger partial charge in [0.15, 0.2) is 0 Å². The second kappa shape index (κ2) is 4.57. The summed E-state index contributed by atoms with van der Waals surface area (Å²) in [7, 11) is 0. The molecule has 1 aliphatic heterocycles. The Morgan fingerprint density at radius 1 is 1.64 bits per heavy atom. The van der Waals surface area contributed by atoms with Crippen LogP contribution < -0.4 is 10.6 Å². The monoisotopic (exact) mass is 210 g/mol. The van der Waals surface area contributed by atoms with Gasteiger partial charge >= 0.3 is 0 Å². The van der Waals surface area contributed by atoms with Crippen molar-refractivity contribution in [2.45, 2.75) is 25.4 Å². The molecular weight excluding hydrogens is 196 g/mol. The van der Waals surface area contributed by atoms with Crippen LogP contribution in [0.25, 0.3) is 0 Å². The van der Waals surface area contributed by atoms with E-state index in [1.165, 1.54) is 4.88 Å². The summed E-state index contributed by atoms with van der Waals surface area (Å²) in [6.45, 7) is 1.79. The van der Waals surface area contributed by atoms with Crippen molar-refractivity contribution in [1.82, 2.24) is 10.6 Å². The Balaban J connectivity index is 1.66. The number of hydrogen-bond acceptors (Lipinski definition) is 3. The van der Waals surface area contributed by atoms with Crippen LogP contribution in [0.4, 0.5) is 0 Å². The lowest BCUT2D eigenvalue weighted by atomic mass is 10.2. The second-order valence-corrected chi connectivity index (χ2v) is 4.55. The molecule has 0 radical (unpaired) electrons. The molecule has 76 valence electrons. The Morgan fingerprint density at radius 2 is 2.57 bits per heavy atom. The van der Waals surface area contributed by atoms with E-state index >= 15 is 0 Å². The normalized spacial score (nSPS) is 21.1. The molecule has 1 unspecified atom stereocenters. The molecule has 1 aliphatic rings. The van der Waals surface area contributed by atoms with E-state index in [4.69, 9.17) is 0 Å². The van der Waals surface area contributed by atoms with E-state index < -0.39 is 0 Å². The van der Waals surface area contributed by atoms with Gasteiger partial charge in [0.2, 0.25) is 5.91 Å². The van der Waals surface area contributed by atoms with Crippen molar-refractivity contribution in [3.8, 4) is 0 Å². The average Bonchev–Trinajstić information content (AvgIpc) is 2.77. The number of hydrogen-bond donors (Lipinski definition) is 2. The fourth-order valence-electron chi connectivity index (χ4n) is 1.61. The Bertz CT molecular complexity index is 297. The molecule has 0 aromatic carbocycles. The van der Waals surface area contributed by atoms with Gasteiger partial charge in [-0.05, 0) is 17.9 Å². The highest BCUT2D eigenvalue weighted by Crippen LogP contribution is 2.08. The van der Waals surface area contributed by atoms with Crippen molar-refractivity contribution < 1.29 is 4.79 Å². The predicted molar refractivity (Wildman–Crippen MR) is 57.2 cm³/mol. The smallest absolute Gasteiger partial charge is 0.220 e. The molecule has 4 heteroatoms. The third-order valence-corrected chi connectivity index (χ3v) is 3.23. The number of carbonyl (C=O) groups is 1. The van der Waals surface area contributed by atoms with Crippen molar-refractivity contribution in [3.05, 3.63) is 22.4 Å². The number of rotatable bonds is 4. The van der Waals surface area contributed by atoms with Crippen molar-refractivity contribution in [1.29, 1.82) is 0 Å². The standard InChI is InChI=1S/C10H14N2OS/c13-10-4-3-8(12-10)6-11-7-9-2-1-5-14-9/h1-2,5,8,11H,3-4,6-7H2,(H,12,13). The first kappa shape index (κ1) is 9.68. The first-order valence-electron chi connectivity index (χ1n) is 4.87. The van der Waals surface area contributed by atoms with Gasteiger partial charge in [0, 0.05) is 30.4 Å². The van der Waals surface area contributed by atoms with Crippen LogP contribution in [0.15, 0.2) is 17.5 Å².